The molecule has 0 saturated carbocycles. The third-order valence-electron chi connectivity index (χ3n) is 1.89. The Morgan fingerprint density at radius 1 is 1.25 bits per heavy atom. The molecule has 0 rings (SSSR count). The SMILES string of the molecule is CC(CC(C#P=O)CP(=O)(O)O)P(=O)(O)O. The van der Waals surface area contributed by atoms with Gasteiger partial charge in [-0.2, -0.15) is 0 Å². The maximum absolute atomic E-state index is 10.8. The molecule has 0 aromatic rings. The van der Waals surface area contributed by atoms with Crippen molar-refractivity contribution < 1.29 is 33.3 Å². The molecular weight excluding hydrogens is 277 g/mol. The van der Waals surface area contributed by atoms with Crippen molar-refractivity contribution in [3.63, 3.8) is 0 Å². The Bertz CT molecular complexity index is 414. The van der Waals surface area contributed by atoms with Crippen molar-refractivity contribution >= 4 is 23.1 Å². The van der Waals surface area contributed by atoms with Gasteiger partial charge in [-0.05, 0) is 0 Å². The van der Waals surface area contributed by atoms with Crippen LogP contribution in [0.3, 0.4) is 0 Å². The molecule has 0 spiro atoms. The van der Waals surface area contributed by atoms with Crippen molar-refractivity contribution in [3.05, 3.63) is 0 Å². The Morgan fingerprint density at radius 3 is 2.06 bits per heavy atom. The molecule has 4 N–H and O–H groups in total. The van der Waals surface area contributed by atoms with Gasteiger partial charge in [0.1, 0.15) is 0 Å². The van der Waals surface area contributed by atoms with Gasteiger partial charge in [0.25, 0.3) is 0 Å². The zero-order chi connectivity index (χ0) is 13.0. The Balaban J connectivity index is 4.70. The van der Waals surface area contributed by atoms with Crippen molar-refractivity contribution in [2.24, 2.45) is 5.92 Å². The average molecular weight is 290 g/mol. The van der Waals surface area contributed by atoms with Crippen LogP contribution < -0.4 is 0 Å². The van der Waals surface area contributed by atoms with Gasteiger partial charge in [-0.25, -0.2) is 0 Å². The molecule has 0 radical (unpaired) electrons. The van der Waals surface area contributed by atoms with Crippen LogP contribution in [0.5, 0.6) is 0 Å². The molecule has 0 aliphatic heterocycles. The molecule has 2 atom stereocenters. The fourth-order valence-corrected chi connectivity index (χ4v) is 2.91. The number of rotatable bonds is 5. The van der Waals surface area contributed by atoms with E-state index in [4.69, 9.17) is 19.6 Å². The van der Waals surface area contributed by atoms with Crippen LogP contribution in [0.25, 0.3) is 0 Å². The summed E-state index contributed by atoms with van der Waals surface area (Å²) in [7, 11) is -9.16. The van der Waals surface area contributed by atoms with Gasteiger partial charge in [0.15, 0.2) is 0 Å². The van der Waals surface area contributed by atoms with Crippen molar-refractivity contribution in [1.82, 2.24) is 0 Å². The molecule has 0 aromatic carbocycles. The zero-order valence-electron chi connectivity index (χ0n) is 8.42. The molecule has 2 unspecified atom stereocenters. The monoisotopic (exact) mass is 290 g/mol. The molecule has 0 amide bonds. The van der Waals surface area contributed by atoms with E-state index in [9.17, 15) is 13.7 Å². The molecule has 0 aromatic heterocycles. The minimum atomic E-state index is -4.32. The predicted octanol–water partition coefficient (Wildman–Crippen LogP) is 0.987. The van der Waals surface area contributed by atoms with Crippen molar-refractivity contribution in [2.75, 3.05) is 6.16 Å². The maximum atomic E-state index is 10.8. The third kappa shape index (κ3) is 7.56. The summed E-state index contributed by atoms with van der Waals surface area (Å²) in [5, 5.41) is 0. The zero-order valence-corrected chi connectivity index (χ0v) is 11.1. The summed E-state index contributed by atoms with van der Waals surface area (Å²) < 4.78 is 31.8. The van der Waals surface area contributed by atoms with Gasteiger partial charge >= 0.3 is 93.1 Å². The average Bonchev–Trinajstić information content (AvgIpc) is 1.99. The molecule has 0 aliphatic carbocycles. The van der Waals surface area contributed by atoms with E-state index in [1.807, 2.05) is 0 Å². The van der Waals surface area contributed by atoms with Gasteiger partial charge in [0.05, 0.1) is 0 Å². The number of hydrogen-bond donors (Lipinski definition) is 4. The summed E-state index contributed by atoms with van der Waals surface area (Å²) in [5.41, 5.74) is 1.17. The van der Waals surface area contributed by atoms with Crippen molar-refractivity contribution in [2.45, 2.75) is 19.0 Å². The van der Waals surface area contributed by atoms with E-state index in [0.29, 0.717) is 0 Å². The van der Waals surface area contributed by atoms with E-state index in [1.165, 1.54) is 6.92 Å². The molecule has 0 aliphatic rings. The van der Waals surface area contributed by atoms with Crippen LogP contribution in [0.15, 0.2) is 0 Å². The third-order valence-corrected chi connectivity index (χ3v) is 4.64. The minimum absolute atomic E-state index is 0.176. The van der Waals surface area contributed by atoms with Gasteiger partial charge in [0.2, 0.25) is 0 Å². The molecule has 0 saturated heterocycles. The normalized spacial score (nSPS) is 16.3. The van der Waals surface area contributed by atoms with Crippen LogP contribution in [0.2, 0.25) is 0 Å². The Kier molecular flexibility index (Phi) is 6.42. The first-order chi connectivity index (χ1) is 7.06. The fraction of sp³-hybridized carbons (Fsp3) is 0.833. The van der Waals surface area contributed by atoms with Gasteiger partial charge < -0.3 is 0 Å². The topological polar surface area (TPSA) is 132 Å². The second kappa shape index (κ2) is 6.30. The summed E-state index contributed by atoms with van der Waals surface area (Å²) >= 11 is 0. The van der Waals surface area contributed by atoms with Crippen LogP contribution in [-0.4, -0.2) is 31.4 Å². The molecule has 0 fully saturated rings. The van der Waals surface area contributed by atoms with E-state index in [0.717, 1.165) is 0 Å². The van der Waals surface area contributed by atoms with Crippen molar-refractivity contribution in [1.29, 1.82) is 0 Å². The van der Waals surface area contributed by atoms with Crippen LogP contribution in [0.1, 0.15) is 13.3 Å². The van der Waals surface area contributed by atoms with Gasteiger partial charge in [-0.3, -0.25) is 0 Å². The van der Waals surface area contributed by atoms with Crippen LogP contribution >= 0.6 is 23.1 Å². The van der Waals surface area contributed by atoms with Gasteiger partial charge in [-0.15, -0.1) is 0 Å². The van der Waals surface area contributed by atoms with Crippen LogP contribution in [0, 0.1) is 11.5 Å². The Morgan fingerprint density at radius 2 is 1.75 bits per heavy atom. The first kappa shape index (κ1) is 16.3. The second-order valence-corrected chi connectivity index (χ2v) is 7.63. The van der Waals surface area contributed by atoms with E-state index in [-0.39, 0.29) is 6.42 Å². The first-order valence-corrected chi connectivity index (χ1v) is 8.53. The Hall–Kier alpha value is 0.310. The number of hydrogen-bond acceptors (Lipinski definition) is 3. The van der Waals surface area contributed by atoms with Gasteiger partial charge in [-0.1, -0.05) is 0 Å². The second-order valence-electron chi connectivity index (χ2n) is 3.44. The molecule has 94 valence electrons. The van der Waals surface area contributed by atoms with Crippen LogP contribution in [0.4, 0.5) is 0 Å². The quantitative estimate of drug-likeness (QED) is 0.555. The van der Waals surface area contributed by atoms with E-state index >= 15 is 0 Å². The molecule has 0 heterocycles. The first-order valence-electron chi connectivity index (χ1n) is 4.24. The van der Waals surface area contributed by atoms with E-state index in [1.54, 1.807) is 0 Å². The van der Waals surface area contributed by atoms with E-state index in [2.05, 4.69) is 5.63 Å². The molecule has 10 heteroatoms. The molecule has 0 bridgehead atoms. The molecule has 16 heavy (non-hydrogen) atoms. The molecule has 7 nitrogen and oxygen atoms in total. The van der Waals surface area contributed by atoms with Crippen molar-refractivity contribution in [3.8, 4) is 5.63 Å². The summed E-state index contributed by atoms with van der Waals surface area (Å²) in [4.78, 5) is 35.0. The summed E-state index contributed by atoms with van der Waals surface area (Å²) in [6, 6.07) is 0. The summed E-state index contributed by atoms with van der Waals surface area (Å²) in [6.45, 7) is 1.26. The molecular formula is C6H13O7P3. The Labute approximate surface area is 93.7 Å². The summed E-state index contributed by atoms with van der Waals surface area (Å²) in [5.74, 6) is -0.914. The summed E-state index contributed by atoms with van der Waals surface area (Å²) in [6.07, 6.45) is -0.794. The standard InChI is InChI=1S/C6H13O7P3/c1-5(16(11,12)13)2-6(3-14-7)4-15(8,9)10/h5-6H,2,4H2,1H3,(H2,8,9,10)(H2,11,12,13). The van der Waals surface area contributed by atoms with E-state index < -0.39 is 40.8 Å². The van der Waals surface area contributed by atoms with Crippen LogP contribution in [-0.2, 0) is 13.7 Å². The fourth-order valence-electron chi connectivity index (χ4n) is 1.08. The predicted molar refractivity (Wildman–Crippen MR) is 58.0 cm³/mol. The van der Waals surface area contributed by atoms with Gasteiger partial charge in [0, 0.05) is 0 Å².